The number of aromatic nitrogens is 1. The summed E-state index contributed by atoms with van der Waals surface area (Å²) in [6.45, 7) is 4.26. The van der Waals surface area contributed by atoms with Gasteiger partial charge in [0.1, 0.15) is 6.26 Å². The van der Waals surface area contributed by atoms with Crippen LogP contribution in [0.15, 0.2) is 10.7 Å². The topological polar surface area (TPSA) is 89.7 Å². The molecule has 0 saturated carbocycles. The van der Waals surface area contributed by atoms with Gasteiger partial charge in [0.25, 0.3) is 0 Å². The highest BCUT2D eigenvalue weighted by Crippen LogP contribution is 2.13. The Morgan fingerprint density at radius 2 is 2.10 bits per heavy atom. The van der Waals surface area contributed by atoms with Crippen LogP contribution in [-0.2, 0) is 21.3 Å². The first-order valence-corrected chi connectivity index (χ1v) is 8.56. The molecule has 1 aromatic heterocycles. The quantitative estimate of drug-likeness (QED) is 0.645. The van der Waals surface area contributed by atoms with Gasteiger partial charge in [-0.1, -0.05) is 20.3 Å². The predicted octanol–water partition coefficient (Wildman–Crippen LogP) is 1.80. The first-order valence-electron chi connectivity index (χ1n) is 6.95. The molecule has 0 N–H and O–H groups in total. The molecule has 0 saturated heterocycles. The van der Waals surface area contributed by atoms with Crippen LogP contribution < -0.4 is 0 Å². The molecule has 0 fully saturated rings. The summed E-state index contributed by atoms with van der Waals surface area (Å²) >= 11 is 0. The summed E-state index contributed by atoms with van der Waals surface area (Å²) < 4.78 is 35.5. The first kappa shape index (κ1) is 17.6. The molecule has 21 heavy (non-hydrogen) atoms. The van der Waals surface area contributed by atoms with Crippen molar-refractivity contribution in [1.82, 2.24) is 9.29 Å². The van der Waals surface area contributed by atoms with Crippen LogP contribution in [0.2, 0.25) is 0 Å². The molecule has 1 rings (SSSR count). The van der Waals surface area contributed by atoms with E-state index < -0.39 is 16.0 Å². The second kappa shape index (κ2) is 8.14. The molecule has 0 amide bonds. The minimum atomic E-state index is -3.34. The number of nitrogens with zero attached hydrogens (tertiary/aromatic N) is 2. The fourth-order valence-corrected chi connectivity index (χ4v) is 3.43. The zero-order valence-corrected chi connectivity index (χ0v) is 13.5. The number of ether oxygens (including phenoxy) is 1. The number of rotatable bonds is 9. The van der Waals surface area contributed by atoms with Crippen molar-refractivity contribution in [1.29, 1.82) is 0 Å². The van der Waals surface area contributed by atoms with Crippen molar-refractivity contribution in [3.05, 3.63) is 17.8 Å². The Morgan fingerprint density at radius 1 is 1.38 bits per heavy atom. The number of hydrogen-bond donors (Lipinski definition) is 0. The molecule has 0 aliphatic carbocycles. The van der Waals surface area contributed by atoms with Crippen molar-refractivity contribution in [2.75, 3.05) is 19.4 Å². The average molecular weight is 318 g/mol. The fourth-order valence-electron chi connectivity index (χ4n) is 1.75. The summed E-state index contributed by atoms with van der Waals surface area (Å²) in [5.74, 6) is -0.321. The van der Waals surface area contributed by atoms with Crippen LogP contribution in [0.3, 0.4) is 0 Å². The number of hydrogen-bond acceptors (Lipinski definition) is 6. The van der Waals surface area contributed by atoms with E-state index in [1.165, 1.54) is 17.7 Å². The van der Waals surface area contributed by atoms with Gasteiger partial charge < -0.3 is 9.15 Å². The molecule has 7 nitrogen and oxygen atoms in total. The number of methoxy groups -OCH3 is 1. The number of sulfonamides is 1. The van der Waals surface area contributed by atoms with E-state index in [9.17, 15) is 13.2 Å². The van der Waals surface area contributed by atoms with Gasteiger partial charge in [0.2, 0.25) is 15.9 Å². The zero-order valence-electron chi connectivity index (χ0n) is 12.7. The van der Waals surface area contributed by atoms with Crippen molar-refractivity contribution in [3.8, 4) is 0 Å². The van der Waals surface area contributed by atoms with E-state index in [1.807, 2.05) is 13.8 Å². The van der Waals surface area contributed by atoms with E-state index in [2.05, 4.69) is 9.72 Å². The van der Waals surface area contributed by atoms with E-state index in [1.54, 1.807) is 0 Å². The molecular formula is C13H22N2O5S. The Morgan fingerprint density at radius 3 is 2.67 bits per heavy atom. The molecule has 120 valence electrons. The first-order chi connectivity index (χ1) is 9.94. The number of unbranched alkanes of at least 4 members (excludes halogenated alkanes) is 1. The number of carbonyl (C=O) groups is 1. The summed E-state index contributed by atoms with van der Waals surface area (Å²) in [5, 5.41) is 0. The van der Waals surface area contributed by atoms with Crippen LogP contribution >= 0.6 is 0 Å². The van der Waals surface area contributed by atoms with Gasteiger partial charge in [0.15, 0.2) is 5.69 Å². The van der Waals surface area contributed by atoms with Gasteiger partial charge in [0, 0.05) is 6.54 Å². The molecule has 8 heteroatoms. The monoisotopic (exact) mass is 318 g/mol. The third-order valence-electron chi connectivity index (χ3n) is 2.88. The molecule has 0 atom stereocenters. The van der Waals surface area contributed by atoms with Crippen LogP contribution in [-0.4, -0.2) is 43.1 Å². The minimum absolute atomic E-state index is 0.0247. The standard InChI is InChI=1S/C13H22N2O5S/c1-4-6-8-21(17,18)15(7-5-2)9-12-14-11(10-20-12)13(16)19-3/h10H,4-9H2,1-3H3. The lowest BCUT2D eigenvalue weighted by atomic mass is 10.4. The fraction of sp³-hybridized carbons (Fsp3) is 0.692. The van der Waals surface area contributed by atoms with Crippen molar-refractivity contribution in [2.45, 2.75) is 39.7 Å². The summed E-state index contributed by atoms with van der Waals surface area (Å²) in [4.78, 5) is 15.2. The molecule has 1 heterocycles. The molecule has 0 aliphatic heterocycles. The van der Waals surface area contributed by atoms with Crippen LogP contribution in [0, 0.1) is 0 Å². The molecule has 0 unspecified atom stereocenters. The van der Waals surface area contributed by atoms with E-state index in [-0.39, 0.29) is 23.9 Å². The predicted molar refractivity (Wildman–Crippen MR) is 77.2 cm³/mol. The molecule has 0 radical (unpaired) electrons. The van der Waals surface area contributed by atoms with Crippen molar-refractivity contribution < 1.29 is 22.4 Å². The summed E-state index contributed by atoms with van der Waals surface area (Å²) in [6.07, 6.45) is 3.28. The lowest BCUT2D eigenvalue weighted by molar-refractivity contribution is 0.0594. The van der Waals surface area contributed by atoms with Gasteiger partial charge in [-0.05, 0) is 12.8 Å². The summed E-state index contributed by atoms with van der Waals surface area (Å²) in [6, 6.07) is 0. The normalized spacial score (nSPS) is 11.8. The average Bonchev–Trinajstić information content (AvgIpc) is 2.92. The van der Waals surface area contributed by atoms with Gasteiger partial charge in [-0.15, -0.1) is 0 Å². The third kappa shape index (κ3) is 5.13. The lowest BCUT2D eigenvalue weighted by Gasteiger charge is -2.19. The number of oxazole rings is 1. The van der Waals surface area contributed by atoms with Crippen LogP contribution in [0.4, 0.5) is 0 Å². The third-order valence-corrected chi connectivity index (χ3v) is 4.78. The Bertz CT molecular complexity index is 553. The van der Waals surface area contributed by atoms with Crippen LogP contribution in [0.5, 0.6) is 0 Å². The maximum atomic E-state index is 12.2. The largest absolute Gasteiger partial charge is 0.464 e. The van der Waals surface area contributed by atoms with Crippen molar-refractivity contribution in [3.63, 3.8) is 0 Å². The van der Waals surface area contributed by atoms with E-state index in [4.69, 9.17) is 4.42 Å². The van der Waals surface area contributed by atoms with Gasteiger partial charge in [-0.25, -0.2) is 18.2 Å². The maximum Gasteiger partial charge on any atom is 0.360 e. The van der Waals surface area contributed by atoms with E-state index >= 15 is 0 Å². The lowest BCUT2D eigenvalue weighted by Crippen LogP contribution is -2.33. The summed E-state index contributed by atoms with van der Waals surface area (Å²) in [5.41, 5.74) is 0.0369. The zero-order chi connectivity index (χ0) is 15.9. The van der Waals surface area contributed by atoms with Gasteiger partial charge in [-0.3, -0.25) is 0 Å². The molecule has 1 aromatic rings. The van der Waals surface area contributed by atoms with Gasteiger partial charge >= 0.3 is 5.97 Å². The highest BCUT2D eigenvalue weighted by molar-refractivity contribution is 7.89. The van der Waals surface area contributed by atoms with Gasteiger partial charge in [-0.2, -0.15) is 4.31 Å². The molecule has 0 aliphatic rings. The SMILES string of the molecule is CCCCS(=O)(=O)N(CCC)Cc1nc(C(=O)OC)co1. The highest BCUT2D eigenvalue weighted by atomic mass is 32.2. The van der Waals surface area contributed by atoms with Crippen LogP contribution in [0.25, 0.3) is 0 Å². The van der Waals surface area contributed by atoms with Crippen molar-refractivity contribution >= 4 is 16.0 Å². The van der Waals surface area contributed by atoms with Crippen molar-refractivity contribution in [2.24, 2.45) is 0 Å². The molecule has 0 bridgehead atoms. The van der Waals surface area contributed by atoms with E-state index in [0.717, 1.165) is 6.42 Å². The summed E-state index contributed by atoms with van der Waals surface area (Å²) in [7, 11) is -2.10. The van der Waals surface area contributed by atoms with E-state index in [0.29, 0.717) is 19.4 Å². The van der Waals surface area contributed by atoms with Gasteiger partial charge in [0.05, 0.1) is 19.4 Å². The number of carbonyl (C=O) groups excluding carboxylic acids is 1. The van der Waals surface area contributed by atoms with Crippen LogP contribution in [0.1, 0.15) is 49.5 Å². The molecule has 0 spiro atoms. The molecular weight excluding hydrogens is 296 g/mol. The Labute approximate surface area is 125 Å². The Kier molecular flexibility index (Phi) is 6.83. The second-order valence-electron chi connectivity index (χ2n) is 4.62. The Hall–Kier alpha value is -1.41. The maximum absolute atomic E-state index is 12.2. The second-order valence-corrected chi connectivity index (χ2v) is 6.71. The highest BCUT2D eigenvalue weighted by Gasteiger charge is 2.23. The smallest absolute Gasteiger partial charge is 0.360 e. The minimum Gasteiger partial charge on any atom is -0.464 e. The number of esters is 1. The Balaban J connectivity index is 2.83. The molecule has 0 aromatic carbocycles.